The minimum Gasteiger partial charge on any atom is -0.368 e. The van der Waals surface area contributed by atoms with Gasteiger partial charge in [0.05, 0.1) is 10.9 Å². The molecule has 5 rings (SSSR count). The Morgan fingerprint density at radius 3 is 2.31 bits per heavy atom. The second kappa shape index (κ2) is 8.92. The quantitative estimate of drug-likeness (QED) is 0.568. The Morgan fingerprint density at radius 1 is 1.03 bits per heavy atom. The first-order valence-electron chi connectivity index (χ1n) is 12.2. The van der Waals surface area contributed by atoms with Crippen molar-refractivity contribution in [1.82, 2.24) is 24.7 Å². The first-order valence-corrected chi connectivity index (χ1v) is 12.2. The number of carbonyl (C=O) groups excluding carboxylic acids is 2. The molecule has 1 fully saturated rings. The van der Waals surface area contributed by atoms with Gasteiger partial charge in [-0.3, -0.25) is 9.59 Å². The van der Waals surface area contributed by atoms with Crippen molar-refractivity contribution in [1.29, 1.82) is 0 Å². The summed E-state index contributed by atoms with van der Waals surface area (Å²) in [5.74, 6) is 0.0542. The normalized spacial score (nSPS) is 15.9. The molecule has 2 aliphatic rings. The average molecular weight is 473 g/mol. The molecule has 2 aromatic carbocycles. The first kappa shape index (κ1) is 23.2. The summed E-state index contributed by atoms with van der Waals surface area (Å²) in [4.78, 5) is 41.7. The molecule has 0 bridgehead atoms. The number of nitrogens with zero attached hydrogens (tertiary/aromatic N) is 5. The van der Waals surface area contributed by atoms with Gasteiger partial charge < -0.3 is 20.4 Å². The molecule has 1 aliphatic heterocycles. The molecule has 0 radical (unpaired) electrons. The second-order valence-corrected chi connectivity index (χ2v) is 9.86. The van der Waals surface area contributed by atoms with Crippen molar-refractivity contribution >= 4 is 28.7 Å². The number of likely N-dealkylation sites (N-methyl/N-ethyl adjacent to an activating group) is 2. The fourth-order valence-corrected chi connectivity index (χ4v) is 5.01. The van der Waals surface area contributed by atoms with Gasteiger partial charge in [-0.05, 0) is 62.7 Å². The number of fused-ring (bicyclic) bond motifs is 2. The van der Waals surface area contributed by atoms with E-state index < -0.39 is 5.41 Å². The molecule has 1 saturated carbocycles. The van der Waals surface area contributed by atoms with E-state index in [0.717, 1.165) is 36.1 Å². The van der Waals surface area contributed by atoms with Crippen molar-refractivity contribution in [2.45, 2.75) is 38.3 Å². The van der Waals surface area contributed by atoms with Crippen molar-refractivity contribution in [2.24, 2.45) is 0 Å². The highest BCUT2D eigenvalue weighted by Gasteiger charge is 2.53. The minimum absolute atomic E-state index is 0.0726. The summed E-state index contributed by atoms with van der Waals surface area (Å²) in [5.41, 5.74) is 9.57. The van der Waals surface area contributed by atoms with Crippen molar-refractivity contribution in [2.75, 3.05) is 39.5 Å². The lowest BCUT2D eigenvalue weighted by molar-refractivity contribution is -0.133. The van der Waals surface area contributed by atoms with Crippen LogP contribution >= 0.6 is 0 Å². The summed E-state index contributed by atoms with van der Waals surface area (Å²) >= 11 is 0. The number of nitrogens with two attached hydrogens (primary N) is 1. The van der Waals surface area contributed by atoms with E-state index in [2.05, 4.69) is 14.9 Å². The van der Waals surface area contributed by atoms with Crippen LogP contribution in [0.5, 0.6) is 0 Å². The molecule has 1 aliphatic carbocycles. The maximum Gasteiger partial charge on any atom is 0.273 e. The lowest BCUT2D eigenvalue weighted by atomic mass is 9.92. The van der Waals surface area contributed by atoms with Crippen LogP contribution in [0.3, 0.4) is 0 Å². The molecule has 2 amide bonds. The summed E-state index contributed by atoms with van der Waals surface area (Å²) in [6.45, 7) is 5.28. The lowest BCUT2D eigenvalue weighted by Crippen LogP contribution is -2.42. The number of benzene rings is 2. The van der Waals surface area contributed by atoms with E-state index in [-0.39, 0.29) is 17.8 Å². The molecule has 2 heterocycles. The first-order chi connectivity index (χ1) is 16.8. The van der Waals surface area contributed by atoms with Gasteiger partial charge in [-0.15, -0.1) is 0 Å². The van der Waals surface area contributed by atoms with Gasteiger partial charge in [0.15, 0.2) is 0 Å². The van der Waals surface area contributed by atoms with Crippen LogP contribution in [0.25, 0.3) is 10.9 Å². The van der Waals surface area contributed by atoms with Gasteiger partial charge in [-0.1, -0.05) is 30.3 Å². The highest BCUT2D eigenvalue weighted by atomic mass is 16.2. The minimum atomic E-state index is -0.540. The molecule has 0 unspecified atom stereocenters. The topological polar surface area (TPSA) is 95.7 Å². The summed E-state index contributed by atoms with van der Waals surface area (Å²) < 4.78 is 0. The zero-order valence-electron chi connectivity index (χ0n) is 20.6. The van der Waals surface area contributed by atoms with Crippen LogP contribution in [0.15, 0.2) is 42.5 Å². The fraction of sp³-hybridized carbons (Fsp3) is 0.407. The monoisotopic (exact) mass is 472 g/mol. The molecule has 182 valence electrons. The van der Waals surface area contributed by atoms with Crippen LogP contribution in [0.2, 0.25) is 0 Å². The average Bonchev–Trinajstić information content (AvgIpc) is 3.55. The molecule has 35 heavy (non-hydrogen) atoms. The highest BCUT2D eigenvalue weighted by Crippen LogP contribution is 2.50. The lowest BCUT2D eigenvalue weighted by Gasteiger charge is -2.28. The molecule has 0 saturated heterocycles. The van der Waals surface area contributed by atoms with Crippen LogP contribution in [0, 0.1) is 0 Å². The van der Waals surface area contributed by atoms with Gasteiger partial charge in [-0.2, -0.15) is 0 Å². The van der Waals surface area contributed by atoms with E-state index in [4.69, 9.17) is 5.73 Å². The number of hydrogen-bond donors (Lipinski definition) is 1. The third-order valence-electron chi connectivity index (χ3n) is 7.24. The Labute approximate surface area is 205 Å². The molecular weight excluding hydrogens is 440 g/mol. The van der Waals surface area contributed by atoms with Gasteiger partial charge >= 0.3 is 0 Å². The Balaban J connectivity index is 1.48. The molecule has 8 heteroatoms. The van der Waals surface area contributed by atoms with E-state index in [1.165, 1.54) is 0 Å². The van der Waals surface area contributed by atoms with E-state index in [9.17, 15) is 9.59 Å². The number of rotatable bonds is 7. The van der Waals surface area contributed by atoms with Gasteiger partial charge in [0.25, 0.3) is 5.91 Å². The largest absolute Gasteiger partial charge is 0.368 e. The van der Waals surface area contributed by atoms with Crippen molar-refractivity contribution in [3.8, 4) is 0 Å². The van der Waals surface area contributed by atoms with Gasteiger partial charge in [-0.25, -0.2) is 9.97 Å². The van der Waals surface area contributed by atoms with E-state index in [0.29, 0.717) is 42.8 Å². The highest BCUT2D eigenvalue weighted by molar-refractivity contribution is 6.05. The third-order valence-corrected chi connectivity index (χ3v) is 7.24. The number of nitrogen functional groups attached to an aromatic ring is 1. The second-order valence-electron chi connectivity index (χ2n) is 9.86. The predicted molar refractivity (Wildman–Crippen MR) is 136 cm³/mol. The summed E-state index contributed by atoms with van der Waals surface area (Å²) in [6, 6.07) is 13.8. The van der Waals surface area contributed by atoms with Crippen LogP contribution < -0.4 is 5.73 Å². The molecule has 2 N–H and O–H groups in total. The van der Waals surface area contributed by atoms with E-state index in [1.54, 1.807) is 4.90 Å². The van der Waals surface area contributed by atoms with Crippen molar-refractivity contribution < 1.29 is 9.59 Å². The van der Waals surface area contributed by atoms with Crippen LogP contribution in [0.1, 0.15) is 46.9 Å². The van der Waals surface area contributed by atoms with Gasteiger partial charge in [0.2, 0.25) is 11.9 Å². The van der Waals surface area contributed by atoms with Crippen molar-refractivity contribution in [3.63, 3.8) is 0 Å². The molecule has 0 atom stereocenters. The third kappa shape index (κ3) is 4.23. The van der Waals surface area contributed by atoms with Crippen LogP contribution in [-0.4, -0.2) is 70.2 Å². The summed E-state index contributed by atoms with van der Waals surface area (Å²) in [7, 11) is 4.02. The molecular formula is C27H32N6O2. The fourth-order valence-electron chi connectivity index (χ4n) is 5.01. The predicted octanol–water partition coefficient (Wildman–Crippen LogP) is 2.81. The molecule has 3 aromatic rings. The number of aromatic nitrogens is 2. The Kier molecular flexibility index (Phi) is 5.92. The SMILES string of the molecule is CCN(CCN(C)C)C(=O)C1(c2ccc3nc(N)nc(C(=O)N4Cc5ccccc5C4)c3c2)CC1. The zero-order valence-corrected chi connectivity index (χ0v) is 20.6. The van der Waals surface area contributed by atoms with E-state index >= 15 is 0 Å². The number of anilines is 1. The van der Waals surface area contributed by atoms with Gasteiger partial charge in [0, 0.05) is 38.1 Å². The molecule has 8 nitrogen and oxygen atoms in total. The van der Waals surface area contributed by atoms with Crippen molar-refractivity contribution in [3.05, 3.63) is 64.8 Å². The molecule has 0 spiro atoms. The van der Waals surface area contributed by atoms with Crippen LogP contribution in [0.4, 0.5) is 5.95 Å². The summed E-state index contributed by atoms with van der Waals surface area (Å²) in [6.07, 6.45) is 1.60. The van der Waals surface area contributed by atoms with E-state index in [1.807, 2.05) is 68.4 Å². The number of amides is 2. The molecule has 1 aromatic heterocycles. The smallest absolute Gasteiger partial charge is 0.273 e. The zero-order chi connectivity index (χ0) is 24.7. The standard InChI is InChI=1S/C27H32N6O2/c1-4-32(14-13-31(2)3)25(35)27(11-12-27)20-9-10-22-21(15-20)23(30-26(28)29-22)24(34)33-16-18-7-5-6-8-19(18)17-33/h5-10,15H,4,11-14,16-17H2,1-3H3,(H2,28,29,30). The Bertz CT molecular complexity index is 1280. The number of carbonyl (C=O) groups is 2. The Morgan fingerprint density at radius 2 is 1.71 bits per heavy atom. The maximum absolute atomic E-state index is 13.6. The Hall–Kier alpha value is -3.52. The van der Waals surface area contributed by atoms with Crippen LogP contribution in [-0.2, 0) is 23.3 Å². The number of hydrogen-bond acceptors (Lipinski definition) is 6. The van der Waals surface area contributed by atoms with Gasteiger partial charge in [0.1, 0.15) is 5.69 Å². The summed E-state index contributed by atoms with van der Waals surface area (Å²) in [5, 5.41) is 0.646. The maximum atomic E-state index is 13.6.